The number of amides is 1. The van der Waals surface area contributed by atoms with Crippen LogP contribution in [0.1, 0.15) is 31.4 Å². The zero-order valence-electron chi connectivity index (χ0n) is 18.7. The molecule has 0 radical (unpaired) electrons. The molecule has 0 N–H and O–H groups in total. The van der Waals surface area contributed by atoms with Gasteiger partial charge in [0, 0.05) is 6.04 Å². The van der Waals surface area contributed by atoms with Crippen LogP contribution in [0.3, 0.4) is 0 Å². The number of nitrogens with zero attached hydrogens (tertiary/aromatic N) is 1. The van der Waals surface area contributed by atoms with Gasteiger partial charge in [0.05, 0.1) is 50.6 Å². The molecule has 1 amide bonds. The van der Waals surface area contributed by atoms with E-state index in [1.807, 2.05) is 67.3 Å². The fourth-order valence-electron chi connectivity index (χ4n) is 5.15. The summed E-state index contributed by atoms with van der Waals surface area (Å²) in [4.78, 5) is 15.2. The van der Waals surface area contributed by atoms with Gasteiger partial charge in [-0.25, -0.2) is 0 Å². The molecule has 0 saturated carbocycles. The van der Waals surface area contributed by atoms with Crippen LogP contribution in [0.25, 0.3) is 0 Å². The second-order valence-electron chi connectivity index (χ2n) is 9.34. The van der Waals surface area contributed by atoms with Crippen molar-refractivity contribution in [2.45, 2.75) is 63.6 Å². The summed E-state index contributed by atoms with van der Waals surface area (Å²) in [5, 5.41) is 0. The molecule has 3 saturated heterocycles. The normalized spacial score (nSPS) is 30.9. The quantitative estimate of drug-likeness (QED) is 0.592. The summed E-state index contributed by atoms with van der Waals surface area (Å²) >= 11 is 0. The van der Waals surface area contributed by atoms with E-state index in [1.165, 1.54) is 0 Å². The van der Waals surface area contributed by atoms with Crippen molar-refractivity contribution < 1.29 is 23.7 Å². The van der Waals surface area contributed by atoms with E-state index in [0.717, 1.165) is 17.5 Å². The molecule has 2 aromatic rings. The van der Waals surface area contributed by atoms with Crippen LogP contribution in [0.15, 0.2) is 60.7 Å². The van der Waals surface area contributed by atoms with Crippen molar-refractivity contribution in [3.05, 3.63) is 71.8 Å². The van der Waals surface area contributed by atoms with Gasteiger partial charge >= 0.3 is 0 Å². The van der Waals surface area contributed by atoms with Crippen LogP contribution in [0.4, 0.5) is 0 Å². The van der Waals surface area contributed by atoms with Gasteiger partial charge in [0.2, 0.25) is 5.91 Å². The molecule has 3 aliphatic rings. The zero-order valence-corrected chi connectivity index (χ0v) is 18.7. The maximum Gasteiger partial charge on any atom is 0.231 e. The van der Waals surface area contributed by atoms with E-state index in [-0.39, 0.29) is 36.1 Å². The largest absolute Gasteiger partial charge is 0.375 e. The van der Waals surface area contributed by atoms with Gasteiger partial charge < -0.3 is 23.8 Å². The summed E-state index contributed by atoms with van der Waals surface area (Å²) in [5.41, 5.74) is 2.25. The molecule has 3 aliphatic heterocycles. The van der Waals surface area contributed by atoms with E-state index >= 15 is 0 Å². The summed E-state index contributed by atoms with van der Waals surface area (Å²) in [7, 11) is 0. The minimum atomic E-state index is -0.634. The van der Waals surface area contributed by atoms with Crippen molar-refractivity contribution >= 4 is 5.91 Å². The molecule has 5 rings (SSSR count). The van der Waals surface area contributed by atoms with Crippen molar-refractivity contribution in [1.82, 2.24) is 4.90 Å². The number of benzene rings is 2. The van der Waals surface area contributed by atoms with Gasteiger partial charge in [-0.2, -0.15) is 0 Å². The van der Waals surface area contributed by atoms with Gasteiger partial charge in [0.25, 0.3) is 0 Å². The van der Waals surface area contributed by atoms with E-state index in [9.17, 15) is 4.79 Å². The van der Waals surface area contributed by atoms with E-state index < -0.39 is 5.79 Å². The van der Waals surface area contributed by atoms with E-state index in [0.29, 0.717) is 26.4 Å². The van der Waals surface area contributed by atoms with E-state index in [1.54, 1.807) is 0 Å². The Hall–Kier alpha value is -2.25. The van der Waals surface area contributed by atoms with E-state index in [4.69, 9.17) is 18.9 Å². The lowest BCUT2D eigenvalue weighted by molar-refractivity contribution is -0.179. The molecule has 0 spiro atoms. The molecule has 5 atom stereocenters. The minimum Gasteiger partial charge on any atom is -0.375 e. The van der Waals surface area contributed by atoms with Gasteiger partial charge in [-0.3, -0.25) is 4.79 Å². The molecular formula is C26H31NO5. The van der Waals surface area contributed by atoms with Crippen molar-refractivity contribution in [3.63, 3.8) is 0 Å². The monoisotopic (exact) mass is 437 g/mol. The highest BCUT2D eigenvalue weighted by molar-refractivity contribution is 5.88. The van der Waals surface area contributed by atoms with Crippen molar-refractivity contribution in [2.75, 3.05) is 13.2 Å². The first kappa shape index (κ1) is 21.6. The van der Waals surface area contributed by atoms with Crippen molar-refractivity contribution in [1.29, 1.82) is 0 Å². The molecule has 0 aromatic heterocycles. The SMILES string of the molecule is CC1(C)OC[C@H]([C@@H]2C(=O)N3[C@@H]2C[C@H](OCc2ccccc2)[C@@H]3COCc2ccccc2)O1. The van der Waals surface area contributed by atoms with Crippen LogP contribution in [0, 0.1) is 5.92 Å². The Morgan fingerprint density at radius 1 is 1.00 bits per heavy atom. The predicted octanol–water partition coefficient (Wildman–Crippen LogP) is 3.54. The van der Waals surface area contributed by atoms with Gasteiger partial charge in [-0.05, 0) is 31.4 Å². The van der Waals surface area contributed by atoms with Crippen LogP contribution >= 0.6 is 0 Å². The highest BCUT2D eigenvalue weighted by Crippen LogP contribution is 2.45. The van der Waals surface area contributed by atoms with Crippen LogP contribution < -0.4 is 0 Å². The van der Waals surface area contributed by atoms with Crippen molar-refractivity contribution in [2.24, 2.45) is 5.92 Å². The number of carbonyl (C=O) groups excluding carboxylic acids is 1. The standard InChI is InChI=1S/C26H31NO5/c1-26(2)31-17-23(32-26)24-20-13-22(30-15-19-11-7-4-8-12-19)21(27(20)25(24)28)16-29-14-18-9-5-3-6-10-18/h3-12,20-24H,13-17H2,1-2H3/t20-,21+,22+,23-,24-/m1/s1. The van der Waals surface area contributed by atoms with E-state index in [2.05, 4.69) is 12.1 Å². The second kappa shape index (κ2) is 8.94. The average Bonchev–Trinajstić information content (AvgIpc) is 3.30. The molecule has 0 bridgehead atoms. The number of ether oxygens (including phenoxy) is 4. The highest BCUT2D eigenvalue weighted by atomic mass is 16.7. The lowest BCUT2D eigenvalue weighted by atomic mass is 9.83. The zero-order chi connectivity index (χ0) is 22.1. The Kier molecular flexibility index (Phi) is 6.03. The summed E-state index contributed by atoms with van der Waals surface area (Å²) in [5.74, 6) is -0.676. The second-order valence-corrected chi connectivity index (χ2v) is 9.34. The Labute approximate surface area is 189 Å². The number of fused-ring (bicyclic) bond motifs is 1. The van der Waals surface area contributed by atoms with Crippen LogP contribution in [-0.4, -0.2) is 54.1 Å². The topological polar surface area (TPSA) is 57.2 Å². The molecule has 3 heterocycles. The number of hydrogen-bond acceptors (Lipinski definition) is 5. The Bertz CT molecular complexity index is 918. The third-order valence-corrected chi connectivity index (χ3v) is 6.71. The Morgan fingerprint density at radius 2 is 1.66 bits per heavy atom. The third kappa shape index (κ3) is 4.33. The highest BCUT2D eigenvalue weighted by Gasteiger charge is 2.62. The average molecular weight is 438 g/mol. The number of carbonyl (C=O) groups is 1. The first-order chi connectivity index (χ1) is 15.5. The number of hydrogen-bond donors (Lipinski definition) is 0. The smallest absolute Gasteiger partial charge is 0.231 e. The summed E-state index contributed by atoms with van der Waals surface area (Å²) in [6.45, 7) is 5.75. The first-order valence-corrected chi connectivity index (χ1v) is 11.4. The molecule has 3 fully saturated rings. The number of β-lactam (4-membered cyclic amide) rings is 1. The molecule has 0 aliphatic carbocycles. The van der Waals surface area contributed by atoms with Gasteiger partial charge in [-0.1, -0.05) is 60.7 Å². The Balaban J connectivity index is 1.26. The first-order valence-electron chi connectivity index (χ1n) is 11.4. The van der Waals surface area contributed by atoms with Crippen molar-refractivity contribution in [3.8, 4) is 0 Å². The Morgan fingerprint density at radius 3 is 2.28 bits per heavy atom. The van der Waals surface area contributed by atoms with Gasteiger partial charge in [0.15, 0.2) is 5.79 Å². The van der Waals surface area contributed by atoms with Crippen LogP contribution in [0.2, 0.25) is 0 Å². The maximum atomic E-state index is 13.2. The fraction of sp³-hybridized carbons (Fsp3) is 0.500. The molecule has 6 nitrogen and oxygen atoms in total. The molecule has 6 heteroatoms. The molecule has 0 unspecified atom stereocenters. The molecule has 170 valence electrons. The summed E-state index contributed by atoms with van der Waals surface area (Å²) in [6.07, 6.45) is 0.529. The van der Waals surface area contributed by atoms with Crippen LogP contribution in [-0.2, 0) is 37.0 Å². The van der Waals surface area contributed by atoms with Gasteiger partial charge in [0.1, 0.15) is 0 Å². The molecular weight excluding hydrogens is 406 g/mol. The maximum absolute atomic E-state index is 13.2. The fourth-order valence-corrected chi connectivity index (χ4v) is 5.15. The predicted molar refractivity (Wildman–Crippen MR) is 119 cm³/mol. The number of rotatable bonds is 8. The molecule has 2 aromatic carbocycles. The third-order valence-electron chi connectivity index (χ3n) is 6.71. The summed E-state index contributed by atoms with van der Waals surface area (Å²) in [6, 6.07) is 20.3. The van der Waals surface area contributed by atoms with Gasteiger partial charge in [-0.15, -0.1) is 0 Å². The minimum absolute atomic E-state index is 0.0692. The van der Waals surface area contributed by atoms with Crippen LogP contribution in [0.5, 0.6) is 0 Å². The summed E-state index contributed by atoms with van der Waals surface area (Å²) < 4.78 is 24.1. The lowest BCUT2D eigenvalue weighted by Gasteiger charge is -2.47. The molecule has 32 heavy (non-hydrogen) atoms. The lowest BCUT2D eigenvalue weighted by Crippen LogP contribution is -2.65.